The number of nitrogens with one attached hydrogen (secondary N) is 1. The molecule has 1 aromatic carbocycles. The van der Waals surface area contributed by atoms with Gasteiger partial charge in [-0.2, -0.15) is 9.78 Å². The number of carbonyl (C=O) groups is 1. The molecule has 0 aliphatic rings. The molecule has 1 unspecified atom stereocenters. The van der Waals surface area contributed by atoms with Crippen LogP contribution in [-0.4, -0.2) is 44.5 Å². The maximum atomic E-state index is 13.8. The van der Waals surface area contributed by atoms with Crippen molar-refractivity contribution in [3.63, 3.8) is 0 Å². The molecule has 0 saturated carbocycles. The number of aromatic nitrogens is 3. The first-order valence-corrected chi connectivity index (χ1v) is 9.54. The molecule has 2 aromatic heterocycles. The lowest BCUT2D eigenvalue weighted by Crippen LogP contribution is -2.48. The number of nitrogens with zero attached hydrogens (tertiary/aromatic N) is 3. The van der Waals surface area contributed by atoms with Gasteiger partial charge in [-0.15, -0.1) is 0 Å². The van der Waals surface area contributed by atoms with Crippen LogP contribution in [-0.2, 0) is 0 Å². The number of pyridine rings is 1. The summed E-state index contributed by atoms with van der Waals surface area (Å²) < 4.78 is 19.8. The zero-order chi connectivity index (χ0) is 22.8. The molecular formula is C22H23FN4O4. The van der Waals surface area contributed by atoms with E-state index in [4.69, 9.17) is 4.74 Å². The van der Waals surface area contributed by atoms with E-state index in [0.29, 0.717) is 11.4 Å². The Morgan fingerprint density at radius 3 is 2.58 bits per heavy atom. The number of benzene rings is 1. The number of amides is 1. The van der Waals surface area contributed by atoms with E-state index < -0.39 is 28.9 Å². The van der Waals surface area contributed by atoms with Crippen LogP contribution < -0.4 is 15.6 Å². The van der Waals surface area contributed by atoms with Crippen LogP contribution in [0.25, 0.3) is 16.9 Å². The van der Waals surface area contributed by atoms with Crippen LogP contribution in [0.2, 0.25) is 0 Å². The minimum absolute atomic E-state index is 0.165. The van der Waals surface area contributed by atoms with Gasteiger partial charge in [0.25, 0.3) is 11.5 Å². The van der Waals surface area contributed by atoms with Crippen LogP contribution in [0.1, 0.15) is 31.1 Å². The predicted molar refractivity (Wildman–Crippen MR) is 113 cm³/mol. The summed E-state index contributed by atoms with van der Waals surface area (Å²) in [6.07, 6.45) is 1.49. The topological polar surface area (TPSA) is 106 Å². The van der Waals surface area contributed by atoms with Gasteiger partial charge in [0.2, 0.25) is 5.88 Å². The van der Waals surface area contributed by atoms with Crippen molar-refractivity contribution in [2.24, 2.45) is 0 Å². The Morgan fingerprint density at radius 1 is 1.26 bits per heavy atom. The van der Waals surface area contributed by atoms with Crippen LogP contribution in [0.15, 0.2) is 53.5 Å². The third kappa shape index (κ3) is 4.95. The molecule has 0 radical (unpaired) electrons. The van der Waals surface area contributed by atoms with E-state index in [0.717, 1.165) is 10.7 Å². The Bertz CT molecular complexity index is 1150. The number of halogens is 1. The molecule has 1 atom stereocenters. The number of aliphatic hydroxyl groups is 1. The second-order valence-corrected chi connectivity index (χ2v) is 7.58. The molecule has 1 amide bonds. The largest absolute Gasteiger partial charge is 0.481 e. The highest BCUT2D eigenvalue weighted by molar-refractivity contribution is 5.95. The lowest BCUT2D eigenvalue weighted by Gasteiger charge is -2.26. The smallest absolute Gasteiger partial charge is 0.284 e. The minimum Gasteiger partial charge on any atom is -0.481 e. The summed E-state index contributed by atoms with van der Waals surface area (Å²) in [6, 6.07) is 9.33. The average Bonchev–Trinajstić information content (AvgIpc) is 2.73. The van der Waals surface area contributed by atoms with Crippen molar-refractivity contribution in [3.05, 3.63) is 70.4 Å². The average molecular weight is 426 g/mol. The zero-order valence-electron chi connectivity index (χ0n) is 17.6. The van der Waals surface area contributed by atoms with Crippen molar-refractivity contribution in [1.29, 1.82) is 0 Å². The highest BCUT2D eigenvalue weighted by Gasteiger charge is 2.26. The van der Waals surface area contributed by atoms with Gasteiger partial charge in [-0.3, -0.25) is 9.59 Å². The molecule has 0 saturated heterocycles. The third-order valence-electron chi connectivity index (χ3n) is 4.86. The Hall–Kier alpha value is -3.59. The van der Waals surface area contributed by atoms with Crippen molar-refractivity contribution in [1.82, 2.24) is 20.1 Å². The van der Waals surface area contributed by atoms with Crippen LogP contribution in [0.5, 0.6) is 5.88 Å². The van der Waals surface area contributed by atoms with Gasteiger partial charge in [-0.25, -0.2) is 9.37 Å². The van der Waals surface area contributed by atoms with E-state index in [-0.39, 0.29) is 16.9 Å². The molecule has 3 rings (SSSR count). The molecule has 0 spiro atoms. The van der Waals surface area contributed by atoms with E-state index in [1.54, 1.807) is 32.9 Å². The van der Waals surface area contributed by atoms with Gasteiger partial charge in [0.05, 0.1) is 30.1 Å². The number of rotatable bonds is 6. The quantitative estimate of drug-likeness (QED) is 0.627. The first-order chi connectivity index (χ1) is 14.6. The van der Waals surface area contributed by atoms with Crippen LogP contribution in [0, 0.1) is 5.82 Å². The summed E-state index contributed by atoms with van der Waals surface area (Å²) in [7, 11) is 1.48. The maximum Gasteiger partial charge on any atom is 0.284 e. The first kappa shape index (κ1) is 22.1. The molecule has 0 bridgehead atoms. The van der Waals surface area contributed by atoms with Crippen molar-refractivity contribution in [2.75, 3.05) is 7.11 Å². The molecule has 0 fully saturated rings. The van der Waals surface area contributed by atoms with E-state index in [1.165, 1.54) is 37.6 Å². The number of ether oxygens (including phenoxy) is 1. The first-order valence-electron chi connectivity index (χ1n) is 9.54. The van der Waals surface area contributed by atoms with Gasteiger partial charge < -0.3 is 15.2 Å². The van der Waals surface area contributed by atoms with E-state index in [1.807, 2.05) is 0 Å². The molecule has 8 nitrogen and oxygen atoms in total. The van der Waals surface area contributed by atoms with Gasteiger partial charge in [-0.05, 0) is 51.1 Å². The summed E-state index contributed by atoms with van der Waals surface area (Å²) in [6.45, 7) is 4.71. The Balaban J connectivity index is 2.16. The van der Waals surface area contributed by atoms with Gasteiger partial charge in [0.1, 0.15) is 11.4 Å². The second kappa shape index (κ2) is 8.65. The third-order valence-corrected chi connectivity index (χ3v) is 4.86. The molecule has 9 heteroatoms. The monoisotopic (exact) mass is 426 g/mol. The van der Waals surface area contributed by atoms with Gasteiger partial charge >= 0.3 is 0 Å². The zero-order valence-corrected chi connectivity index (χ0v) is 17.6. The molecule has 2 heterocycles. The fourth-order valence-corrected chi connectivity index (χ4v) is 2.68. The predicted octanol–water partition coefficient (Wildman–Crippen LogP) is 2.33. The van der Waals surface area contributed by atoms with Crippen molar-refractivity contribution in [3.8, 4) is 22.8 Å². The Morgan fingerprint density at radius 2 is 2.00 bits per heavy atom. The molecule has 3 aromatic rings. The Kier molecular flexibility index (Phi) is 6.16. The molecule has 162 valence electrons. The number of carbonyl (C=O) groups excluding carboxylic acids is 1. The lowest BCUT2D eigenvalue weighted by atomic mass is 10.0. The highest BCUT2D eigenvalue weighted by atomic mass is 19.1. The van der Waals surface area contributed by atoms with E-state index in [9.17, 15) is 19.1 Å². The second-order valence-electron chi connectivity index (χ2n) is 7.58. The number of methoxy groups -OCH3 is 1. The molecule has 2 N–H and O–H groups in total. The summed E-state index contributed by atoms with van der Waals surface area (Å²) in [5.41, 5.74) is -1.17. The van der Waals surface area contributed by atoms with Gasteiger partial charge in [0.15, 0.2) is 0 Å². The van der Waals surface area contributed by atoms with E-state index >= 15 is 0 Å². The molecule has 0 aliphatic heterocycles. The Labute approximate surface area is 178 Å². The van der Waals surface area contributed by atoms with Gasteiger partial charge in [-0.1, -0.05) is 6.07 Å². The summed E-state index contributed by atoms with van der Waals surface area (Å²) in [4.78, 5) is 30.1. The van der Waals surface area contributed by atoms with E-state index in [2.05, 4.69) is 15.4 Å². The fourth-order valence-electron chi connectivity index (χ4n) is 2.68. The normalized spacial score (nSPS) is 12.3. The highest BCUT2D eigenvalue weighted by Crippen LogP contribution is 2.20. The maximum absolute atomic E-state index is 13.8. The SMILES string of the molecule is COc1ccc(-c2cc(C(=O)NC(C)C(C)(C)O)c(=O)n(-c3cccc(F)c3)n2)cn1. The number of hydrogen-bond donors (Lipinski definition) is 2. The van der Waals surface area contributed by atoms with Crippen molar-refractivity contribution >= 4 is 5.91 Å². The summed E-state index contributed by atoms with van der Waals surface area (Å²) >= 11 is 0. The van der Waals surface area contributed by atoms with Crippen LogP contribution >= 0.6 is 0 Å². The number of hydrogen-bond acceptors (Lipinski definition) is 6. The standard InChI is InChI=1S/C22H23FN4O4/c1-13(22(2,3)30)25-20(28)17-11-18(14-8-9-19(31-4)24-12-14)26-27(21(17)29)16-7-5-6-15(23)10-16/h5-13,30H,1-4H3,(H,25,28). The van der Waals surface area contributed by atoms with Crippen molar-refractivity contribution < 1.29 is 19.0 Å². The van der Waals surface area contributed by atoms with Crippen LogP contribution in [0.3, 0.4) is 0 Å². The fraction of sp³-hybridized carbons (Fsp3) is 0.273. The minimum atomic E-state index is -1.20. The van der Waals surface area contributed by atoms with Crippen molar-refractivity contribution in [2.45, 2.75) is 32.4 Å². The molecular weight excluding hydrogens is 403 g/mol. The van der Waals surface area contributed by atoms with Gasteiger partial charge in [0, 0.05) is 17.8 Å². The molecule has 31 heavy (non-hydrogen) atoms. The molecule has 0 aliphatic carbocycles. The lowest BCUT2D eigenvalue weighted by molar-refractivity contribution is 0.0408. The summed E-state index contributed by atoms with van der Waals surface area (Å²) in [5, 5.41) is 17.1. The van der Waals surface area contributed by atoms with Crippen LogP contribution in [0.4, 0.5) is 4.39 Å². The summed E-state index contributed by atoms with van der Waals surface area (Å²) in [5.74, 6) is -0.849.